The zero-order valence-electron chi connectivity index (χ0n) is 21.4. The number of hydrogen-bond donors (Lipinski definition) is 1. The SMILES string of the molecule is C[C@H](Sc1nnc([C@@H](C)N2C(=O)COc3ccccc32)n1C)C(=O)OCC(=O)Nc1cc(C(F)(F)F)ccc1Cl. The van der Waals surface area contributed by atoms with Crippen molar-refractivity contribution in [2.45, 2.75) is 36.5 Å². The summed E-state index contributed by atoms with van der Waals surface area (Å²) in [4.78, 5) is 39.0. The predicted molar refractivity (Wildman–Crippen MR) is 140 cm³/mol. The lowest BCUT2D eigenvalue weighted by Gasteiger charge is -2.33. The van der Waals surface area contributed by atoms with E-state index in [2.05, 4.69) is 15.5 Å². The van der Waals surface area contributed by atoms with Crippen LogP contribution in [0, 0.1) is 0 Å². The van der Waals surface area contributed by atoms with Crippen LogP contribution in [0.4, 0.5) is 24.5 Å². The minimum absolute atomic E-state index is 0.105. The van der Waals surface area contributed by atoms with E-state index in [1.165, 1.54) is 6.92 Å². The first-order chi connectivity index (χ1) is 18.9. The number of halogens is 4. The van der Waals surface area contributed by atoms with Gasteiger partial charge in [0, 0.05) is 7.05 Å². The van der Waals surface area contributed by atoms with Gasteiger partial charge < -0.3 is 19.4 Å². The van der Waals surface area contributed by atoms with Gasteiger partial charge in [-0.25, -0.2) is 0 Å². The van der Waals surface area contributed by atoms with Crippen molar-refractivity contribution in [3.8, 4) is 5.75 Å². The molecule has 4 rings (SSSR count). The maximum Gasteiger partial charge on any atom is 0.416 e. The number of rotatable bonds is 8. The van der Waals surface area contributed by atoms with Gasteiger partial charge in [0.05, 0.1) is 28.0 Å². The lowest BCUT2D eigenvalue weighted by atomic mass is 10.1. The first kappa shape index (κ1) is 29.2. The number of nitrogens with zero attached hydrogens (tertiary/aromatic N) is 4. The molecule has 0 radical (unpaired) electrons. The van der Waals surface area contributed by atoms with E-state index in [9.17, 15) is 27.6 Å². The average molecular weight is 598 g/mol. The summed E-state index contributed by atoms with van der Waals surface area (Å²) in [6.45, 7) is 2.48. The maximum atomic E-state index is 12.9. The van der Waals surface area contributed by atoms with Gasteiger partial charge in [0.2, 0.25) is 0 Å². The van der Waals surface area contributed by atoms with E-state index in [1.807, 2.05) is 0 Å². The number of alkyl halides is 3. The number of para-hydroxylation sites is 2. The molecule has 0 saturated heterocycles. The molecule has 0 aliphatic carbocycles. The van der Waals surface area contributed by atoms with E-state index in [4.69, 9.17) is 21.1 Å². The Morgan fingerprint density at radius 3 is 2.65 bits per heavy atom. The zero-order valence-corrected chi connectivity index (χ0v) is 22.9. The average Bonchev–Trinajstić information content (AvgIpc) is 3.27. The fraction of sp³-hybridized carbons (Fsp3) is 0.320. The molecule has 10 nitrogen and oxygen atoms in total. The number of benzene rings is 2. The Labute approximate surface area is 235 Å². The molecule has 3 aromatic rings. The van der Waals surface area contributed by atoms with Crippen molar-refractivity contribution in [3.63, 3.8) is 0 Å². The van der Waals surface area contributed by atoms with Crippen molar-refractivity contribution in [2.75, 3.05) is 23.4 Å². The van der Waals surface area contributed by atoms with Crippen LogP contribution >= 0.6 is 23.4 Å². The number of aromatic nitrogens is 3. The molecule has 1 aliphatic heterocycles. The minimum atomic E-state index is -4.62. The van der Waals surface area contributed by atoms with E-state index < -0.39 is 41.5 Å². The number of esters is 1. The quantitative estimate of drug-likeness (QED) is 0.295. The number of carbonyl (C=O) groups is 3. The fourth-order valence-corrected chi connectivity index (χ4v) is 4.88. The summed E-state index contributed by atoms with van der Waals surface area (Å²) in [6, 6.07) is 9.11. The van der Waals surface area contributed by atoms with Gasteiger partial charge in [-0.1, -0.05) is 35.5 Å². The highest BCUT2D eigenvalue weighted by atomic mass is 35.5. The van der Waals surface area contributed by atoms with Gasteiger partial charge >= 0.3 is 12.1 Å². The molecule has 2 amide bonds. The second-order valence-corrected chi connectivity index (χ2v) is 10.4. The smallest absolute Gasteiger partial charge is 0.416 e. The highest BCUT2D eigenvalue weighted by Crippen LogP contribution is 2.37. The third-order valence-electron chi connectivity index (χ3n) is 5.90. The van der Waals surface area contributed by atoms with Gasteiger partial charge in [0.1, 0.15) is 11.0 Å². The van der Waals surface area contributed by atoms with Crippen molar-refractivity contribution >= 4 is 52.5 Å². The molecule has 212 valence electrons. The molecule has 2 heterocycles. The molecule has 1 aliphatic rings. The Morgan fingerprint density at radius 2 is 1.93 bits per heavy atom. The van der Waals surface area contributed by atoms with Crippen LogP contribution in [0.3, 0.4) is 0 Å². The highest BCUT2D eigenvalue weighted by Gasteiger charge is 2.33. The number of carbonyl (C=O) groups excluding carboxylic acids is 3. The lowest BCUT2D eigenvalue weighted by molar-refractivity contribution is -0.146. The Hall–Kier alpha value is -3.78. The van der Waals surface area contributed by atoms with Crippen LogP contribution in [0.2, 0.25) is 5.02 Å². The van der Waals surface area contributed by atoms with Gasteiger partial charge in [-0.3, -0.25) is 19.3 Å². The molecule has 1 aromatic heterocycles. The van der Waals surface area contributed by atoms with E-state index in [1.54, 1.807) is 47.7 Å². The number of fused-ring (bicyclic) bond motifs is 1. The monoisotopic (exact) mass is 597 g/mol. The molecule has 2 aromatic carbocycles. The summed E-state index contributed by atoms with van der Waals surface area (Å²) in [5.41, 5.74) is -0.652. The summed E-state index contributed by atoms with van der Waals surface area (Å²) in [7, 11) is 1.69. The van der Waals surface area contributed by atoms with Crippen LogP contribution in [-0.2, 0) is 32.3 Å². The van der Waals surface area contributed by atoms with Gasteiger partial charge in [0.25, 0.3) is 11.8 Å². The topological polar surface area (TPSA) is 116 Å². The molecule has 1 N–H and O–H groups in total. The number of nitrogens with one attached hydrogen (secondary N) is 1. The van der Waals surface area contributed by atoms with Crippen molar-refractivity contribution < 1.29 is 37.0 Å². The van der Waals surface area contributed by atoms with Crippen molar-refractivity contribution in [2.24, 2.45) is 7.05 Å². The highest BCUT2D eigenvalue weighted by molar-refractivity contribution is 8.00. The Morgan fingerprint density at radius 1 is 1.20 bits per heavy atom. The largest absolute Gasteiger partial charge is 0.482 e. The lowest BCUT2D eigenvalue weighted by Crippen LogP contribution is -2.41. The van der Waals surface area contributed by atoms with Crippen molar-refractivity contribution in [1.29, 1.82) is 0 Å². The molecule has 2 atom stereocenters. The first-order valence-corrected chi connectivity index (χ1v) is 13.1. The van der Waals surface area contributed by atoms with E-state index in [0.29, 0.717) is 28.5 Å². The number of anilines is 2. The predicted octanol–water partition coefficient (Wildman–Crippen LogP) is 4.64. The van der Waals surface area contributed by atoms with Crippen LogP contribution in [0.15, 0.2) is 47.6 Å². The molecule has 15 heteroatoms. The summed E-state index contributed by atoms with van der Waals surface area (Å²) in [6.07, 6.45) is -4.62. The second-order valence-electron chi connectivity index (χ2n) is 8.70. The number of hydrogen-bond acceptors (Lipinski definition) is 8. The minimum Gasteiger partial charge on any atom is -0.482 e. The summed E-state index contributed by atoms with van der Waals surface area (Å²) in [5, 5.41) is 10.00. The standard InChI is InChI=1S/C25H23ClF3N5O5S/c1-13(34-18-6-4-5-7-19(18)38-12-21(34)36)22-31-32-24(33(22)3)40-14(2)23(37)39-11-20(35)30-17-10-15(25(27,28)29)8-9-16(17)26/h4-10,13-14H,11-12H2,1-3H3,(H,30,35)/t13-,14+/m1/s1. The molecule has 0 bridgehead atoms. The van der Waals surface area contributed by atoms with Crippen LogP contribution in [-0.4, -0.2) is 51.0 Å². The molecule has 0 fully saturated rings. The summed E-state index contributed by atoms with van der Waals surface area (Å²) in [5.74, 6) is -0.834. The Kier molecular flexibility index (Phi) is 8.59. The molecule has 0 unspecified atom stereocenters. The Balaban J connectivity index is 1.36. The molecular formula is C25H23ClF3N5O5S. The number of thioether (sulfide) groups is 1. The molecule has 40 heavy (non-hydrogen) atoms. The fourth-order valence-electron chi connectivity index (χ4n) is 3.90. The number of amides is 2. The van der Waals surface area contributed by atoms with E-state index >= 15 is 0 Å². The summed E-state index contributed by atoms with van der Waals surface area (Å²) >= 11 is 6.90. The summed E-state index contributed by atoms with van der Waals surface area (Å²) < 4.78 is 51.0. The van der Waals surface area contributed by atoms with Crippen LogP contribution in [0.1, 0.15) is 31.3 Å². The second kappa shape index (κ2) is 11.8. The van der Waals surface area contributed by atoms with E-state index in [0.717, 1.165) is 23.9 Å². The van der Waals surface area contributed by atoms with Crippen LogP contribution < -0.4 is 15.0 Å². The van der Waals surface area contributed by atoms with Crippen LogP contribution in [0.5, 0.6) is 5.75 Å². The van der Waals surface area contributed by atoms with Gasteiger partial charge in [-0.15, -0.1) is 10.2 Å². The number of ether oxygens (including phenoxy) is 2. The van der Waals surface area contributed by atoms with Gasteiger partial charge in [0.15, 0.2) is 24.2 Å². The maximum absolute atomic E-state index is 12.9. The van der Waals surface area contributed by atoms with E-state index in [-0.39, 0.29) is 23.2 Å². The third-order valence-corrected chi connectivity index (χ3v) is 7.34. The van der Waals surface area contributed by atoms with Crippen molar-refractivity contribution in [1.82, 2.24) is 14.8 Å². The third kappa shape index (κ3) is 6.33. The van der Waals surface area contributed by atoms with Gasteiger partial charge in [-0.2, -0.15) is 13.2 Å². The molecule has 0 saturated carbocycles. The first-order valence-electron chi connectivity index (χ1n) is 11.8. The normalized spacial score (nSPS) is 14.7. The Bertz CT molecular complexity index is 1450. The zero-order chi connectivity index (χ0) is 29.2. The van der Waals surface area contributed by atoms with Crippen LogP contribution in [0.25, 0.3) is 0 Å². The molecular weight excluding hydrogens is 575 g/mol. The molecule has 0 spiro atoms. The van der Waals surface area contributed by atoms with Gasteiger partial charge in [-0.05, 0) is 44.2 Å². The van der Waals surface area contributed by atoms with Crippen molar-refractivity contribution in [3.05, 3.63) is 58.9 Å².